The molecule has 20 heavy (non-hydrogen) atoms. The Kier molecular flexibility index (Phi) is 4.93. The molecular formula is C13H17BrFN3O2. The standard InChI is InChI=1S/C13H17BrFN3O2/c1-2-17-5-3-4-9(17)8-16-12-7-11(15)10(14)6-13(12)18(19)20/h6-7,9,16H,2-5,8H2,1H3. The van der Waals surface area contributed by atoms with Gasteiger partial charge in [0, 0.05) is 24.7 Å². The van der Waals surface area contributed by atoms with Crippen LogP contribution in [0.5, 0.6) is 0 Å². The normalized spacial score (nSPS) is 19.2. The SMILES string of the molecule is CCN1CCCC1CNc1cc(F)c(Br)cc1[N+](=O)[O-]. The molecule has 0 amide bonds. The summed E-state index contributed by atoms with van der Waals surface area (Å²) in [7, 11) is 0. The molecule has 1 aromatic carbocycles. The van der Waals surface area contributed by atoms with Gasteiger partial charge >= 0.3 is 0 Å². The molecule has 1 aromatic rings. The minimum atomic E-state index is -0.503. The summed E-state index contributed by atoms with van der Waals surface area (Å²) in [5.74, 6) is -0.503. The van der Waals surface area contributed by atoms with E-state index in [0.717, 1.165) is 25.9 Å². The zero-order valence-corrected chi connectivity index (χ0v) is 12.8. The molecule has 1 aliphatic rings. The van der Waals surface area contributed by atoms with E-state index in [1.165, 1.54) is 12.1 Å². The molecule has 0 aromatic heterocycles. The van der Waals surface area contributed by atoms with Gasteiger partial charge in [-0.1, -0.05) is 6.92 Å². The third-order valence-electron chi connectivity index (χ3n) is 3.67. The predicted octanol–water partition coefficient (Wildman–Crippen LogP) is 3.39. The molecule has 1 N–H and O–H groups in total. The molecule has 1 atom stereocenters. The zero-order valence-electron chi connectivity index (χ0n) is 11.2. The Labute approximate surface area is 125 Å². The summed E-state index contributed by atoms with van der Waals surface area (Å²) in [6.07, 6.45) is 2.20. The van der Waals surface area contributed by atoms with Crippen LogP contribution in [-0.4, -0.2) is 35.5 Å². The Bertz CT molecular complexity index is 513. The molecule has 1 fully saturated rings. The van der Waals surface area contributed by atoms with Gasteiger partial charge in [-0.15, -0.1) is 0 Å². The van der Waals surface area contributed by atoms with Crippen LogP contribution in [0.1, 0.15) is 19.8 Å². The van der Waals surface area contributed by atoms with Gasteiger partial charge in [0.1, 0.15) is 11.5 Å². The number of likely N-dealkylation sites (tertiary alicyclic amines) is 1. The highest BCUT2D eigenvalue weighted by molar-refractivity contribution is 9.10. The van der Waals surface area contributed by atoms with Crippen molar-refractivity contribution in [1.82, 2.24) is 4.90 Å². The van der Waals surface area contributed by atoms with Crippen molar-refractivity contribution in [1.29, 1.82) is 0 Å². The van der Waals surface area contributed by atoms with E-state index in [2.05, 4.69) is 33.1 Å². The highest BCUT2D eigenvalue weighted by atomic mass is 79.9. The third-order valence-corrected chi connectivity index (χ3v) is 4.28. The average molecular weight is 346 g/mol. The van der Waals surface area contributed by atoms with Gasteiger partial charge in [0.25, 0.3) is 5.69 Å². The second-order valence-corrected chi connectivity index (χ2v) is 5.70. The Morgan fingerprint density at radius 3 is 3.00 bits per heavy atom. The first-order valence-electron chi connectivity index (χ1n) is 6.64. The van der Waals surface area contributed by atoms with E-state index >= 15 is 0 Å². The number of anilines is 1. The van der Waals surface area contributed by atoms with Crippen LogP contribution in [0.3, 0.4) is 0 Å². The van der Waals surface area contributed by atoms with Crippen LogP contribution < -0.4 is 5.32 Å². The lowest BCUT2D eigenvalue weighted by atomic mass is 10.2. The van der Waals surface area contributed by atoms with Crippen LogP contribution in [0.2, 0.25) is 0 Å². The van der Waals surface area contributed by atoms with Crippen molar-refractivity contribution in [2.75, 3.05) is 25.0 Å². The summed E-state index contributed by atoms with van der Waals surface area (Å²) in [6, 6.07) is 2.73. The minimum absolute atomic E-state index is 0.103. The molecule has 0 spiro atoms. The van der Waals surface area contributed by atoms with Crippen molar-refractivity contribution in [2.45, 2.75) is 25.8 Å². The molecule has 0 saturated carbocycles. The van der Waals surface area contributed by atoms with Crippen molar-refractivity contribution in [2.24, 2.45) is 0 Å². The molecule has 5 nitrogen and oxygen atoms in total. The molecule has 2 rings (SSSR count). The number of likely N-dealkylation sites (N-methyl/N-ethyl adjacent to an activating group) is 1. The topological polar surface area (TPSA) is 58.4 Å². The number of nitro groups is 1. The van der Waals surface area contributed by atoms with Crippen molar-refractivity contribution in [3.8, 4) is 0 Å². The van der Waals surface area contributed by atoms with Gasteiger partial charge in [-0.05, 0) is 41.9 Å². The molecule has 1 heterocycles. The zero-order chi connectivity index (χ0) is 14.7. The van der Waals surface area contributed by atoms with Gasteiger partial charge in [-0.2, -0.15) is 0 Å². The number of benzene rings is 1. The average Bonchev–Trinajstić information content (AvgIpc) is 2.86. The molecule has 7 heteroatoms. The van der Waals surface area contributed by atoms with Crippen molar-refractivity contribution in [3.63, 3.8) is 0 Å². The Hall–Kier alpha value is -1.21. The second kappa shape index (κ2) is 6.49. The van der Waals surface area contributed by atoms with Gasteiger partial charge in [-0.25, -0.2) is 4.39 Å². The molecule has 1 aliphatic heterocycles. The molecular weight excluding hydrogens is 329 g/mol. The molecule has 0 aliphatic carbocycles. The van der Waals surface area contributed by atoms with Crippen LogP contribution in [0.25, 0.3) is 0 Å². The summed E-state index contributed by atoms with van der Waals surface area (Å²) in [4.78, 5) is 12.8. The van der Waals surface area contributed by atoms with Crippen LogP contribution in [0.4, 0.5) is 15.8 Å². The maximum Gasteiger partial charge on any atom is 0.293 e. The van der Waals surface area contributed by atoms with E-state index in [1.54, 1.807) is 0 Å². The first-order chi connectivity index (χ1) is 9.52. The smallest absolute Gasteiger partial charge is 0.293 e. The fourth-order valence-electron chi connectivity index (χ4n) is 2.60. The minimum Gasteiger partial charge on any atom is -0.378 e. The lowest BCUT2D eigenvalue weighted by molar-refractivity contribution is -0.384. The lowest BCUT2D eigenvalue weighted by Crippen LogP contribution is -2.34. The summed E-state index contributed by atoms with van der Waals surface area (Å²) in [6.45, 7) is 4.71. The highest BCUT2D eigenvalue weighted by Gasteiger charge is 2.24. The number of hydrogen-bond acceptors (Lipinski definition) is 4. The molecule has 0 radical (unpaired) electrons. The van der Waals surface area contributed by atoms with Gasteiger partial charge in [0.2, 0.25) is 0 Å². The maximum absolute atomic E-state index is 13.5. The first-order valence-corrected chi connectivity index (χ1v) is 7.43. The monoisotopic (exact) mass is 345 g/mol. The van der Waals surface area contributed by atoms with Gasteiger partial charge < -0.3 is 5.32 Å². The molecule has 1 saturated heterocycles. The largest absolute Gasteiger partial charge is 0.378 e. The summed E-state index contributed by atoms with van der Waals surface area (Å²) < 4.78 is 13.6. The summed E-state index contributed by atoms with van der Waals surface area (Å²) in [5, 5.41) is 14.0. The van der Waals surface area contributed by atoms with Crippen LogP contribution in [0.15, 0.2) is 16.6 Å². The number of rotatable bonds is 5. The fraction of sp³-hybridized carbons (Fsp3) is 0.538. The van der Waals surface area contributed by atoms with Gasteiger partial charge in [-0.3, -0.25) is 15.0 Å². The highest BCUT2D eigenvalue weighted by Crippen LogP contribution is 2.31. The van der Waals surface area contributed by atoms with E-state index in [9.17, 15) is 14.5 Å². The number of halogens is 2. The van der Waals surface area contributed by atoms with Crippen LogP contribution in [0, 0.1) is 15.9 Å². The van der Waals surface area contributed by atoms with Crippen LogP contribution in [-0.2, 0) is 0 Å². The molecule has 1 unspecified atom stereocenters. The van der Waals surface area contributed by atoms with E-state index in [1.807, 2.05) is 0 Å². The molecule has 110 valence electrons. The van der Waals surface area contributed by atoms with E-state index in [4.69, 9.17) is 0 Å². The van der Waals surface area contributed by atoms with Gasteiger partial charge in [0.05, 0.1) is 9.40 Å². The fourth-order valence-corrected chi connectivity index (χ4v) is 2.93. The second-order valence-electron chi connectivity index (χ2n) is 4.85. The lowest BCUT2D eigenvalue weighted by Gasteiger charge is -2.23. The summed E-state index contributed by atoms with van der Waals surface area (Å²) in [5.41, 5.74) is 0.123. The van der Waals surface area contributed by atoms with Crippen molar-refractivity contribution >= 4 is 27.3 Å². The third kappa shape index (κ3) is 3.27. The predicted molar refractivity (Wildman–Crippen MR) is 79.5 cm³/mol. The van der Waals surface area contributed by atoms with Crippen LogP contribution >= 0.6 is 15.9 Å². The Morgan fingerprint density at radius 1 is 1.60 bits per heavy atom. The van der Waals surface area contributed by atoms with E-state index in [-0.39, 0.29) is 15.8 Å². The first kappa shape index (κ1) is 15.2. The quantitative estimate of drug-likeness (QED) is 0.656. The van der Waals surface area contributed by atoms with Gasteiger partial charge in [0.15, 0.2) is 0 Å². The van der Waals surface area contributed by atoms with E-state index in [0.29, 0.717) is 12.6 Å². The Balaban J connectivity index is 2.12. The number of nitro benzene ring substituents is 1. The number of nitrogens with zero attached hydrogens (tertiary/aromatic N) is 2. The van der Waals surface area contributed by atoms with E-state index < -0.39 is 10.7 Å². The van der Waals surface area contributed by atoms with Crippen molar-refractivity contribution < 1.29 is 9.31 Å². The molecule has 0 bridgehead atoms. The number of hydrogen-bond donors (Lipinski definition) is 1. The Morgan fingerprint density at radius 2 is 2.35 bits per heavy atom. The van der Waals surface area contributed by atoms with Crippen molar-refractivity contribution in [3.05, 3.63) is 32.5 Å². The summed E-state index contributed by atoms with van der Waals surface area (Å²) >= 11 is 2.97. The number of nitrogens with one attached hydrogen (secondary N) is 1. The maximum atomic E-state index is 13.5.